The third-order valence-electron chi connectivity index (χ3n) is 15.7. The molecule has 0 aromatic rings. The molecule has 0 radical (unpaired) electrons. The summed E-state index contributed by atoms with van der Waals surface area (Å²) in [5.74, 6) is -0.239. The van der Waals surface area contributed by atoms with Crippen LogP contribution < -0.4 is 5.32 Å². The average Bonchev–Trinajstić information content (AvgIpc) is 3.41. The molecule has 3 aliphatic heterocycles. The maximum Gasteiger partial charge on any atom is 0.220 e. The van der Waals surface area contributed by atoms with Crippen LogP contribution in [-0.4, -0.2) is 193 Å². The number of hydrogen-bond acceptors (Lipinski definition) is 18. The zero-order chi connectivity index (χ0) is 55.5. The number of unbranched alkanes of at least 4 members (excludes halogenated alkanes) is 29. The second kappa shape index (κ2) is 41.7. The highest BCUT2D eigenvalue weighted by molar-refractivity contribution is 5.76. The lowest BCUT2D eigenvalue weighted by molar-refractivity contribution is -0.379. The van der Waals surface area contributed by atoms with Gasteiger partial charge in [0.25, 0.3) is 0 Å². The standard InChI is InChI=1S/C57H109NO18/c1-3-5-7-9-11-13-15-17-19-21-23-25-27-29-31-33-35-45(63)58-40(41(62)34-32-30-28-26-24-22-20-18-16-14-12-10-8-6-4-2)39-71-55-51(69)48(66)53(43(37-60)73-55)76-57-52(70)49(67)54(44(38-61)74-57)75-56-50(68)47(65)46(64)42(36-59)72-56/h40-44,46-57,59-62,64-70H,3-39H2,1-2H3,(H,58,63). The van der Waals surface area contributed by atoms with Crippen molar-refractivity contribution in [1.82, 2.24) is 5.32 Å². The van der Waals surface area contributed by atoms with Gasteiger partial charge in [0, 0.05) is 6.42 Å². The third-order valence-corrected chi connectivity index (χ3v) is 15.7. The quantitative estimate of drug-likeness (QED) is 0.0348. The molecular formula is C57H109NO18. The molecule has 3 saturated heterocycles. The predicted octanol–water partition coefficient (Wildman–Crippen LogP) is 5.21. The van der Waals surface area contributed by atoms with Gasteiger partial charge >= 0.3 is 0 Å². The molecule has 3 rings (SSSR count). The highest BCUT2D eigenvalue weighted by Gasteiger charge is 2.53. The van der Waals surface area contributed by atoms with Gasteiger partial charge in [-0.2, -0.15) is 0 Å². The molecule has 0 saturated carbocycles. The molecule has 450 valence electrons. The van der Waals surface area contributed by atoms with Crippen LogP contribution in [0.4, 0.5) is 0 Å². The first-order valence-electron chi connectivity index (χ1n) is 30.3. The van der Waals surface area contributed by atoms with E-state index < -0.39 is 124 Å². The zero-order valence-corrected chi connectivity index (χ0v) is 46.8. The Hall–Kier alpha value is -1.21. The minimum atomic E-state index is -1.97. The minimum absolute atomic E-state index is 0.239. The van der Waals surface area contributed by atoms with Gasteiger partial charge in [-0.15, -0.1) is 0 Å². The molecule has 3 fully saturated rings. The largest absolute Gasteiger partial charge is 0.394 e. The molecule has 0 aromatic heterocycles. The summed E-state index contributed by atoms with van der Waals surface area (Å²) in [5.41, 5.74) is 0. The summed E-state index contributed by atoms with van der Waals surface area (Å²) in [6.07, 6.45) is 11.8. The van der Waals surface area contributed by atoms with Crippen molar-refractivity contribution in [2.24, 2.45) is 0 Å². The SMILES string of the molecule is CCCCCCCCCCCCCCCCCCC(=O)NC(COC1OC(CO)C(OC2OC(CO)C(OC3OC(CO)C(O)C(O)C3O)C(O)C2O)C(O)C1O)C(O)CCCCCCCCCCCCCCCCC. The molecule has 1 amide bonds. The fourth-order valence-corrected chi connectivity index (χ4v) is 10.7. The highest BCUT2D eigenvalue weighted by Crippen LogP contribution is 2.33. The summed E-state index contributed by atoms with van der Waals surface area (Å²) in [5, 5.41) is 120. The lowest BCUT2D eigenvalue weighted by Gasteiger charge is -2.48. The molecule has 17 unspecified atom stereocenters. The van der Waals surface area contributed by atoms with Crippen LogP contribution in [-0.2, 0) is 33.2 Å². The third kappa shape index (κ3) is 25.7. The lowest BCUT2D eigenvalue weighted by atomic mass is 9.96. The van der Waals surface area contributed by atoms with Crippen LogP contribution in [0.25, 0.3) is 0 Å². The zero-order valence-electron chi connectivity index (χ0n) is 46.8. The van der Waals surface area contributed by atoms with Gasteiger partial charge in [0.15, 0.2) is 18.9 Å². The topological polar surface area (TPSA) is 307 Å². The Morgan fingerprint density at radius 3 is 1.14 bits per heavy atom. The van der Waals surface area contributed by atoms with E-state index in [1.54, 1.807) is 0 Å². The number of ether oxygens (including phenoxy) is 6. The van der Waals surface area contributed by atoms with Crippen LogP contribution in [0, 0.1) is 0 Å². The predicted molar refractivity (Wildman–Crippen MR) is 287 cm³/mol. The maximum absolute atomic E-state index is 13.3. The Kier molecular flexibility index (Phi) is 37.9. The van der Waals surface area contributed by atoms with Gasteiger partial charge in [0.1, 0.15) is 73.2 Å². The molecule has 19 nitrogen and oxygen atoms in total. The molecule has 3 aliphatic rings. The van der Waals surface area contributed by atoms with E-state index in [9.17, 15) is 61.0 Å². The monoisotopic (exact) mass is 1100 g/mol. The van der Waals surface area contributed by atoms with Crippen LogP contribution in [0.5, 0.6) is 0 Å². The molecule has 12 N–H and O–H groups in total. The van der Waals surface area contributed by atoms with Crippen LogP contribution in [0.3, 0.4) is 0 Å². The van der Waals surface area contributed by atoms with Crippen LogP contribution in [0.2, 0.25) is 0 Å². The van der Waals surface area contributed by atoms with Crippen molar-refractivity contribution in [2.75, 3.05) is 26.4 Å². The number of hydrogen-bond donors (Lipinski definition) is 12. The molecule has 0 spiro atoms. The van der Waals surface area contributed by atoms with E-state index in [1.807, 2.05) is 0 Å². The van der Waals surface area contributed by atoms with E-state index in [2.05, 4.69) is 19.2 Å². The van der Waals surface area contributed by atoms with Crippen LogP contribution in [0.15, 0.2) is 0 Å². The lowest BCUT2D eigenvalue weighted by Crippen LogP contribution is -2.66. The van der Waals surface area contributed by atoms with Gasteiger partial charge in [-0.25, -0.2) is 0 Å². The normalized spacial score (nSPS) is 30.9. The Morgan fingerprint density at radius 1 is 0.421 bits per heavy atom. The molecule has 0 aliphatic carbocycles. The Morgan fingerprint density at radius 2 is 0.750 bits per heavy atom. The van der Waals surface area contributed by atoms with Crippen molar-refractivity contribution in [3.05, 3.63) is 0 Å². The summed E-state index contributed by atoms with van der Waals surface area (Å²) in [4.78, 5) is 13.3. The van der Waals surface area contributed by atoms with Crippen LogP contribution in [0.1, 0.15) is 226 Å². The molecule has 17 atom stereocenters. The highest BCUT2D eigenvalue weighted by atomic mass is 16.8. The summed E-state index contributed by atoms with van der Waals surface area (Å²) in [6.45, 7) is 1.80. The summed E-state index contributed by atoms with van der Waals surface area (Å²) in [7, 11) is 0. The molecular weight excluding hydrogens is 987 g/mol. The van der Waals surface area contributed by atoms with Gasteiger partial charge in [0.05, 0.1) is 38.6 Å². The number of carbonyl (C=O) groups is 1. The number of nitrogens with one attached hydrogen (secondary N) is 1. The second-order valence-electron chi connectivity index (χ2n) is 22.2. The van der Waals surface area contributed by atoms with Gasteiger partial charge in [0.2, 0.25) is 5.91 Å². The number of aliphatic hydroxyl groups is 11. The van der Waals surface area contributed by atoms with Gasteiger partial charge < -0.3 is 89.9 Å². The molecule has 19 heteroatoms. The Bertz CT molecular complexity index is 1400. The summed E-state index contributed by atoms with van der Waals surface area (Å²) >= 11 is 0. The van der Waals surface area contributed by atoms with Crippen molar-refractivity contribution >= 4 is 5.91 Å². The van der Waals surface area contributed by atoms with Crippen molar-refractivity contribution in [3.63, 3.8) is 0 Å². The smallest absolute Gasteiger partial charge is 0.220 e. The number of carbonyl (C=O) groups excluding carboxylic acids is 1. The van der Waals surface area contributed by atoms with Crippen molar-refractivity contribution in [1.29, 1.82) is 0 Å². The Labute approximate surface area is 455 Å². The van der Waals surface area contributed by atoms with E-state index in [0.717, 1.165) is 44.9 Å². The number of amides is 1. The molecule has 76 heavy (non-hydrogen) atoms. The number of aliphatic hydroxyl groups excluding tert-OH is 11. The summed E-state index contributed by atoms with van der Waals surface area (Å²) < 4.78 is 34.3. The molecule has 0 bridgehead atoms. The fraction of sp³-hybridized carbons (Fsp3) is 0.982. The van der Waals surface area contributed by atoms with Crippen LogP contribution >= 0.6 is 0 Å². The molecule has 0 aromatic carbocycles. The average molecular weight is 1100 g/mol. The van der Waals surface area contributed by atoms with E-state index in [-0.39, 0.29) is 18.9 Å². The second-order valence-corrected chi connectivity index (χ2v) is 22.2. The first-order valence-corrected chi connectivity index (χ1v) is 30.3. The minimum Gasteiger partial charge on any atom is -0.394 e. The van der Waals surface area contributed by atoms with E-state index in [0.29, 0.717) is 12.8 Å². The van der Waals surface area contributed by atoms with E-state index >= 15 is 0 Å². The van der Waals surface area contributed by atoms with E-state index in [1.165, 1.54) is 148 Å². The number of rotatable bonds is 45. The first kappa shape index (κ1) is 69.1. The summed E-state index contributed by atoms with van der Waals surface area (Å²) in [6, 6.07) is -0.879. The van der Waals surface area contributed by atoms with E-state index in [4.69, 9.17) is 28.4 Å². The van der Waals surface area contributed by atoms with Gasteiger partial charge in [-0.3, -0.25) is 4.79 Å². The molecule has 3 heterocycles. The van der Waals surface area contributed by atoms with Crippen molar-refractivity contribution in [2.45, 2.75) is 330 Å². The fourth-order valence-electron chi connectivity index (χ4n) is 10.7. The Balaban J connectivity index is 1.50. The van der Waals surface area contributed by atoms with Crippen molar-refractivity contribution in [3.8, 4) is 0 Å². The first-order chi connectivity index (χ1) is 36.8. The van der Waals surface area contributed by atoms with Gasteiger partial charge in [-0.05, 0) is 12.8 Å². The maximum atomic E-state index is 13.3. The van der Waals surface area contributed by atoms with Crippen molar-refractivity contribution < 1.29 is 89.4 Å². The van der Waals surface area contributed by atoms with Gasteiger partial charge in [-0.1, -0.05) is 206 Å².